The molecular weight excluding hydrogens is 966 g/mol. The quantitative estimate of drug-likeness (QED) is 0.0884. The Balaban J connectivity index is 0.000000200. The third-order valence-corrected chi connectivity index (χ3v) is 12.2. The van der Waals surface area contributed by atoms with Crippen LogP contribution in [0.3, 0.4) is 0 Å². The van der Waals surface area contributed by atoms with Gasteiger partial charge in [-0.3, -0.25) is 0 Å². The second kappa shape index (κ2) is 30.5. The molecule has 12 aromatic rings. The van der Waals surface area contributed by atoms with E-state index in [9.17, 15) is 0 Å². The van der Waals surface area contributed by atoms with Crippen molar-refractivity contribution in [2.45, 2.75) is 41.5 Å². The predicted molar refractivity (Wildman–Crippen MR) is 327 cm³/mol. The summed E-state index contributed by atoms with van der Waals surface area (Å²) in [6, 6.07) is 98.6. The van der Waals surface area contributed by atoms with Crippen LogP contribution in [0.4, 0.5) is 0 Å². The molecule has 0 aliphatic heterocycles. The van der Waals surface area contributed by atoms with Crippen LogP contribution in [-0.4, -0.2) is 0 Å². The Morgan fingerprint density at radius 3 is 0.486 bits per heavy atom. The van der Waals surface area contributed by atoms with Crippen molar-refractivity contribution < 1.29 is 32.7 Å². The van der Waals surface area contributed by atoms with E-state index >= 15 is 0 Å². The largest absolute Gasteiger partial charge is 0.358 e. The minimum atomic E-state index is 0. The summed E-state index contributed by atoms with van der Waals surface area (Å²) < 4.78 is 0. The normalized spacial score (nSPS) is 10.0. The number of hydrogen-bond donors (Lipinski definition) is 0. The fourth-order valence-corrected chi connectivity index (χ4v) is 9.24. The summed E-state index contributed by atoms with van der Waals surface area (Å²) in [5.41, 5.74) is 12.8. The van der Waals surface area contributed by atoms with Gasteiger partial charge < -0.3 is 7.43 Å². The fourth-order valence-electron chi connectivity index (χ4n) is 9.24. The second-order valence-electron chi connectivity index (χ2n) is 16.3. The molecule has 0 amide bonds. The molecule has 365 valence electrons. The summed E-state index contributed by atoms with van der Waals surface area (Å²) >= 11 is 0. The van der Waals surface area contributed by atoms with Gasteiger partial charge in [-0.2, -0.15) is 0 Å². The molecule has 0 saturated heterocycles. The first-order valence-corrected chi connectivity index (χ1v) is 25.7. The van der Waals surface area contributed by atoms with Crippen molar-refractivity contribution in [3.05, 3.63) is 298 Å². The average Bonchev–Trinajstić information content (AvgIpc) is 3.48. The maximum absolute atomic E-state index is 2.25. The topological polar surface area (TPSA) is 0 Å². The van der Waals surface area contributed by atoms with Crippen molar-refractivity contribution in [2.75, 3.05) is 0 Å². The Morgan fingerprint density at radius 2 is 0.324 bits per heavy atom. The van der Waals surface area contributed by atoms with Gasteiger partial charge >= 0.3 is 0 Å². The van der Waals surface area contributed by atoms with Crippen LogP contribution in [0, 0.1) is 7.43 Å². The molecule has 0 saturated carbocycles. The third kappa shape index (κ3) is 13.8. The van der Waals surface area contributed by atoms with Gasteiger partial charge in [-0.05, 0) is 98.7 Å². The molecule has 0 aromatic heterocycles. The Labute approximate surface area is 468 Å². The zero-order valence-corrected chi connectivity index (χ0v) is 47.1. The molecule has 0 bridgehead atoms. The number of rotatable bonds is 6. The standard InChI is InChI=1S/2C26H18.C14H12.3C2H6.CH3.Y/c2*1-3-11-19(12-4-1)25-21-15-7-9-17-23(21)26(20-13-5-2-6-14-20)24-18-10-8-16-22(24)25;1-3-7-13(8-4-1)11-12-14-9-5-2-6-10-14;3*1-2;;/h2*1-18H;1-12H;3*1-2H3;1H3;/q;;;;;;-1;. The third-order valence-electron chi connectivity index (χ3n) is 12.2. The fraction of sp³-hybridized carbons (Fsp3) is 0.0822. The van der Waals surface area contributed by atoms with Gasteiger partial charge in [-0.25, -0.2) is 0 Å². The van der Waals surface area contributed by atoms with E-state index in [4.69, 9.17) is 0 Å². The molecule has 1 heteroatoms. The Kier molecular flexibility index (Phi) is 23.7. The molecule has 0 aliphatic rings. The van der Waals surface area contributed by atoms with E-state index in [1.165, 1.54) is 98.7 Å². The molecule has 0 unspecified atom stereocenters. The molecule has 0 nitrogen and oxygen atoms in total. The predicted octanol–water partition coefficient (Wildman–Crippen LogP) is 22.0. The smallest absolute Gasteiger partial charge is 0 e. The average molecular weight is 1040 g/mol. The zero-order valence-electron chi connectivity index (χ0n) is 44.3. The van der Waals surface area contributed by atoms with Gasteiger partial charge in [0.25, 0.3) is 0 Å². The van der Waals surface area contributed by atoms with E-state index < -0.39 is 0 Å². The van der Waals surface area contributed by atoms with Crippen LogP contribution in [0.5, 0.6) is 0 Å². The first-order valence-electron chi connectivity index (χ1n) is 25.7. The van der Waals surface area contributed by atoms with Crippen molar-refractivity contribution in [1.82, 2.24) is 0 Å². The van der Waals surface area contributed by atoms with Gasteiger partial charge in [-0.1, -0.05) is 333 Å². The zero-order chi connectivity index (χ0) is 50.3. The maximum Gasteiger partial charge on any atom is 0 e. The van der Waals surface area contributed by atoms with Crippen molar-refractivity contribution in [2.24, 2.45) is 0 Å². The summed E-state index contributed by atoms with van der Waals surface area (Å²) in [5, 5.41) is 10.4. The van der Waals surface area contributed by atoms with E-state index in [2.05, 4.69) is 255 Å². The van der Waals surface area contributed by atoms with Crippen molar-refractivity contribution >= 4 is 55.2 Å². The molecule has 12 rings (SSSR count). The summed E-state index contributed by atoms with van der Waals surface area (Å²) in [6.45, 7) is 12.0. The second-order valence-corrected chi connectivity index (χ2v) is 16.3. The monoisotopic (exact) mass is 1030 g/mol. The van der Waals surface area contributed by atoms with E-state index in [1.54, 1.807) is 0 Å². The number of fused-ring (bicyclic) bond motifs is 4. The molecular formula is C73H69Y-. The van der Waals surface area contributed by atoms with Crippen LogP contribution in [-0.2, 0) is 32.7 Å². The summed E-state index contributed by atoms with van der Waals surface area (Å²) in [7, 11) is 0. The summed E-state index contributed by atoms with van der Waals surface area (Å²) in [4.78, 5) is 0. The van der Waals surface area contributed by atoms with Crippen LogP contribution in [0.15, 0.2) is 279 Å². The van der Waals surface area contributed by atoms with Crippen LogP contribution in [0.25, 0.3) is 99.7 Å². The van der Waals surface area contributed by atoms with Crippen LogP contribution >= 0.6 is 0 Å². The summed E-state index contributed by atoms with van der Waals surface area (Å²) in [6.07, 6.45) is 4.24. The van der Waals surface area contributed by atoms with Gasteiger partial charge in [0.05, 0.1) is 0 Å². The Bertz CT molecular complexity index is 2980. The van der Waals surface area contributed by atoms with Crippen LogP contribution < -0.4 is 0 Å². The van der Waals surface area contributed by atoms with Crippen molar-refractivity contribution in [3.8, 4) is 44.5 Å². The SMILES string of the molecule is C(=Cc1ccccc1)c1ccccc1.CC.CC.CC.[CH3-].[Y].c1ccc(-c2c3ccccc3c(-c3ccccc3)c3ccccc23)cc1.c1ccc(-c2c3ccccc3c(-c3ccccc3)c3ccccc23)cc1. The summed E-state index contributed by atoms with van der Waals surface area (Å²) in [5.74, 6) is 0. The van der Waals surface area contributed by atoms with E-state index in [0.29, 0.717) is 0 Å². The molecule has 0 N–H and O–H groups in total. The molecule has 12 aromatic carbocycles. The number of benzene rings is 12. The molecule has 0 aliphatic carbocycles. The van der Waals surface area contributed by atoms with Crippen molar-refractivity contribution in [1.29, 1.82) is 0 Å². The maximum atomic E-state index is 2.25. The Hall–Kier alpha value is -7.48. The van der Waals surface area contributed by atoms with E-state index in [-0.39, 0.29) is 40.1 Å². The van der Waals surface area contributed by atoms with E-state index in [0.717, 1.165) is 0 Å². The molecule has 0 fully saturated rings. The van der Waals surface area contributed by atoms with Crippen molar-refractivity contribution in [3.63, 3.8) is 0 Å². The minimum absolute atomic E-state index is 0. The van der Waals surface area contributed by atoms with Gasteiger partial charge in [-0.15, -0.1) is 0 Å². The first kappa shape index (κ1) is 57.4. The molecule has 0 heterocycles. The van der Waals surface area contributed by atoms with Crippen LogP contribution in [0.1, 0.15) is 52.7 Å². The van der Waals surface area contributed by atoms with Crippen LogP contribution in [0.2, 0.25) is 0 Å². The minimum Gasteiger partial charge on any atom is -0.358 e. The van der Waals surface area contributed by atoms with Gasteiger partial charge in [0.15, 0.2) is 0 Å². The van der Waals surface area contributed by atoms with Gasteiger partial charge in [0, 0.05) is 32.7 Å². The van der Waals surface area contributed by atoms with Gasteiger partial charge in [0.1, 0.15) is 0 Å². The first-order chi connectivity index (χ1) is 35.8. The molecule has 0 spiro atoms. The van der Waals surface area contributed by atoms with E-state index in [1.807, 2.05) is 77.9 Å². The molecule has 74 heavy (non-hydrogen) atoms. The molecule has 1 radical (unpaired) electrons. The molecule has 0 atom stereocenters. The van der Waals surface area contributed by atoms with Gasteiger partial charge in [0.2, 0.25) is 0 Å². The Morgan fingerprint density at radius 1 is 0.189 bits per heavy atom. The number of hydrogen-bond acceptors (Lipinski definition) is 0.